The molecule has 4 heterocycles. The first kappa shape index (κ1) is 33.7. The third-order valence-corrected chi connectivity index (χ3v) is 12.3. The molecule has 0 saturated carbocycles. The van der Waals surface area contributed by atoms with Crippen LogP contribution in [-0.2, 0) is 0 Å². The lowest BCUT2D eigenvalue weighted by Crippen LogP contribution is -1.97. The Labute approximate surface area is 350 Å². The zero-order valence-corrected chi connectivity index (χ0v) is 32.8. The molecule has 5 nitrogen and oxygen atoms in total. The highest BCUT2D eigenvalue weighted by atomic mass is 16.3. The van der Waals surface area contributed by atoms with E-state index in [1.807, 2.05) is 24.3 Å². The summed E-state index contributed by atoms with van der Waals surface area (Å²) in [5.41, 5.74) is 14.7. The first-order valence-corrected chi connectivity index (χ1v) is 20.7. The molecule has 0 bridgehead atoms. The van der Waals surface area contributed by atoms with Crippen molar-refractivity contribution in [3.05, 3.63) is 206 Å². The molecule has 284 valence electrons. The summed E-state index contributed by atoms with van der Waals surface area (Å²) in [6.07, 6.45) is 0. The largest absolute Gasteiger partial charge is 0.456 e. The number of furan rings is 1. The standard InChI is InChI=1S/C56H34N4O/c1-3-14-35(15-4-1)38-18-13-19-40(32-38)60-49-31-30-48-53(54(49)45-33-44-41-20-9-12-25-51(41)61-52(44)34-50(45)60)43-22-8-11-24-47(43)59(48)39-28-26-37(27-29-39)56-57-46-23-10-7-21-42(46)55(58-56)36-16-5-2-6-17-36/h1-34H. The number of para-hydroxylation sites is 3. The van der Waals surface area contributed by atoms with E-state index in [-0.39, 0.29) is 0 Å². The maximum absolute atomic E-state index is 6.53. The van der Waals surface area contributed by atoms with Gasteiger partial charge >= 0.3 is 0 Å². The smallest absolute Gasteiger partial charge is 0.160 e. The van der Waals surface area contributed by atoms with E-state index >= 15 is 0 Å². The van der Waals surface area contributed by atoms with Gasteiger partial charge in [-0.05, 0) is 83.9 Å². The van der Waals surface area contributed by atoms with Crippen LogP contribution in [0.3, 0.4) is 0 Å². The van der Waals surface area contributed by atoms with Gasteiger partial charge < -0.3 is 13.6 Å². The topological polar surface area (TPSA) is 48.8 Å². The molecule has 0 unspecified atom stereocenters. The molecule has 13 rings (SSSR count). The number of benzene rings is 9. The summed E-state index contributed by atoms with van der Waals surface area (Å²) in [7, 11) is 0. The van der Waals surface area contributed by atoms with Crippen molar-refractivity contribution in [1.29, 1.82) is 0 Å². The number of hydrogen-bond donors (Lipinski definition) is 0. The van der Waals surface area contributed by atoms with E-state index in [1.165, 1.54) is 32.7 Å². The Bertz CT molecular complexity index is 3860. The lowest BCUT2D eigenvalue weighted by atomic mass is 10.0. The Hall–Kier alpha value is -8.28. The molecule has 0 fully saturated rings. The molecular weight excluding hydrogens is 745 g/mol. The fraction of sp³-hybridized carbons (Fsp3) is 0. The normalized spacial score (nSPS) is 11.9. The lowest BCUT2D eigenvalue weighted by Gasteiger charge is -2.12. The van der Waals surface area contributed by atoms with Gasteiger partial charge in [-0.25, -0.2) is 9.97 Å². The highest BCUT2D eigenvalue weighted by Gasteiger charge is 2.23. The number of aromatic nitrogens is 4. The van der Waals surface area contributed by atoms with Crippen molar-refractivity contribution in [3.63, 3.8) is 0 Å². The van der Waals surface area contributed by atoms with E-state index in [0.29, 0.717) is 5.82 Å². The van der Waals surface area contributed by atoms with Crippen LogP contribution < -0.4 is 0 Å². The van der Waals surface area contributed by atoms with Gasteiger partial charge in [-0.3, -0.25) is 0 Å². The van der Waals surface area contributed by atoms with E-state index in [0.717, 1.165) is 83.1 Å². The molecule has 0 radical (unpaired) electrons. The molecule has 0 amide bonds. The summed E-state index contributed by atoms with van der Waals surface area (Å²) in [5, 5.41) is 8.09. The van der Waals surface area contributed by atoms with Crippen LogP contribution in [0.1, 0.15) is 0 Å². The maximum Gasteiger partial charge on any atom is 0.160 e. The zero-order chi connectivity index (χ0) is 40.0. The van der Waals surface area contributed by atoms with Crippen LogP contribution in [-0.4, -0.2) is 19.1 Å². The molecule has 0 aliphatic carbocycles. The van der Waals surface area contributed by atoms with Crippen LogP contribution in [0.5, 0.6) is 0 Å². The number of hydrogen-bond acceptors (Lipinski definition) is 3. The Kier molecular flexibility index (Phi) is 7.24. The van der Waals surface area contributed by atoms with Crippen LogP contribution in [0.15, 0.2) is 211 Å². The van der Waals surface area contributed by atoms with Crippen molar-refractivity contribution in [2.75, 3.05) is 0 Å². The summed E-state index contributed by atoms with van der Waals surface area (Å²) in [5.74, 6) is 0.704. The van der Waals surface area contributed by atoms with Gasteiger partial charge in [0.2, 0.25) is 0 Å². The van der Waals surface area contributed by atoms with Gasteiger partial charge in [0, 0.05) is 66.3 Å². The lowest BCUT2D eigenvalue weighted by molar-refractivity contribution is 0.669. The molecule has 9 aromatic carbocycles. The molecular formula is C56H34N4O. The van der Waals surface area contributed by atoms with Crippen LogP contribution in [0.25, 0.3) is 122 Å². The molecule has 0 atom stereocenters. The summed E-state index contributed by atoms with van der Waals surface area (Å²) >= 11 is 0. The zero-order valence-electron chi connectivity index (χ0n) is 32.8. The predicted octanol–water partition coefficient (Wildman–Crippen LogP) is 14.7. The van der Waals surface area contributed by atoms with Gasteiger partial charge in [-0.1, -0.05) is 127 Å². The van der Waals surface area contributed by atoms with Crippen molar-refractivity contribution in [2.24, 2.45) is 0 Å². The van der Waals surface area contributed by atoms with E-state index in [9.17, 15) is 0 Å². The second kappa shape index (κ2) is 13.1. The average molecular weight is 779 g/mol. The Morgan fingerprint density at radius 2 is 0.967 bits per heavy atom. The van der Waals surface area contributed by atoms with Crippen LogP contribution in [0.4, 0.5) is 0 Å². The molecule has 0 spiro atoms. The molecule has 61 heavy (non-hydrogen) atoms. The Morgan fingerprint density at radius 3 is 1.77 bits per heavy atom. The minimum atomic E-state index is 0.704. The first-order chi connectivity index (χ1) is 30.2. The van der Waals surface area contributed by atoms with E-state index in [4.69, 9.17) is 14.4 Å². The van der Waals surface area contributed by atoms with Crippen molar-refractivity contribution in [2.45, 2.75) is 0 Å². The maximum atomic E-state index is 6.53. The summed E-state index contributed by atoms with van der Waals surface area (Å²) in [6, 6.07) is 73.1. The molecule has 0 saturated heterocycles. The molecule has 13 aromatic rings. The highest BCUT2D eigenvalue weighted by molar-refractivity contribution is 6.30. The van der Waals surface area contributed by atoms with Crippen molar-refractivity contribution >= 4 is 76.5 Å². The van der Waals surface area contributed by atoms with Gasteiger partial charge in [0.05, 0.1) is 33.3 Å². The number of rotatable bonds is 5. The van der Waals surface area contributed by atoms with Gasteiger partial charge in [-0.15, -0.1) is 0 Å². The van der Waals surface area contributed by atoms with Crippen LogP contribution >= 0.6 is 0 Å². The molecule has 5 heteroatoms. The third kappa shape index (κ3) is 5.14. The molecule has 0 aliphatic rings. The average Bonchev–Trinajstić information content (AvgIpc) is 3.98. The SMILES string of the molecule is c1ccc(-c2cccc(-n3c4cc5oc6ccccc6c5cc4c4c5c6ccccc6n(-c6ccc(-c7nc(-c8ccccc8)c8ccccc8n7)cc6)c5ccc43)c2)cc1. The highest BCUT2D eigenvalue weighted by Crippen LogP contribution is 2.45. The Balaban J connectivity index is 1.05. The fourth-order valence-corrected chi connectivity index (χ4v) is 9.58. The van der Waals surface area contributed by atoms with E-state index in [1.54, 1.807) is 0 Å². The Morgan fingerprint density at radius 1 is 0.328 bits per heavy atom. The number of fused-ring (bicyclic) bond motifs is 11. The quantitative estimate of drug-likeness (QED) is 0.175. The molecule has 4 aromatic heterocycles. The van der Waals surface area contributed by atoms with Gasteiger partial charge in [-0.2, -0.15) is 0 Å². The second-order valence-corrected chi connectivity index (χ2v) is 15.7. The van der Waals surface area contributed by atoms with E-state index < -0.39 is 0 Å². The molecule has 0 aliphatic heterocycles. The molecule has 0 N–H and O–H groups in total. The summed E-state index contributed by atoms with van der Waals surface area (Å²) in [4.78, 5) is 10.2. The van der Waals surface area contributed by atoms with Crippen molar-refractivity contribution in [1.82, 2.24) is 19.1 Å². The van der Waals surface area contributed by atoms with E-state index in [2.05, 4.69) is 191 Å². The number of nitrogens with zero attached hydrogens (tertiary/aromatic N) is 4. The van der Waals surface area contributed by atoms with Gasteiger partial charge in [0.1, 0.15) is 11.2 Å². The first-order valence-electron chi connectivity index (χ1n) is 20.7. The summed E-state index contributed by atoms with van der Waals surface area (Å²) < 4.78 is 11.3. The minimum absolute atomic E-state index is 0.704. The van der Waals surface area contributed by atoms with Crippen LogP contribution in [0.2, 0.25) is 0 Å². The fourth-order valence-electron chi connectivity index (χ4n) is 9.58. The second-order valence-electron chi connectivity index (χ2n) is 15.7. The predicted molar refractivity (Wildman–Crippen MR) is 252 cm³/mol. The van der Waals surface area contributed by atoms with Crippen molar-refractivity contribution in [3.8, 4) is 45.1 Å². The van der Waals surface area contributed by atoms with Gasteiger partial charge in [0.15, 0.2) is 5.82 Å². The minimum Gasteiger partial charge on any atom is -0.456 e. The van der Waals surface area contributed by atoms with Crippen molar-refractivity contribution < 1.29 is 4.42 Å². The van der Waals surface area contributed by atoms with Gasteiger partial charge in [0.25, 0.3) is 0 Å². The third-order valence-electron chi connectivity index (χ3n) is 12.3. The summed E-state index contributed by atoms with van der Waals surface area (Å²) in [6.45, 7) is 0. The van der Waals surface area contributed by atoms with Crippen LogP contribution in [0, 0.1) is 0 Å². The monoisotopic (exact) mass is 778 g/mol.